The maximum Gasteiger partial charge on any atom is 0.238 e. The minimum Gasteiger partial charge on any atom is -0.368 e. The zero-order chi connectivity index (χ0) is 9.47. The smallest absolute Gasteiger partial charge is 0.238 e. The number of benzene rings is 1. The highest BCUT2D eigenvalue weighted by molar-refractivity contribution is 7.89. The fraction of sp³-hybridized carbons (Fsp3) is 0.250. The van der Waals surface area contributed by atoms with Crippen LogP contribution in [-0.2, 0) is 14.8 Å². The second-order valence-corrected chi connectivity index (χ2v) is 4.50. The van der Waals surface area contributed by atoms with Gasteiger partial charge in [0, 0.05) is 0 Å². The zero-order valence-corrected chi connectivity index (χ0v) is 7.62. The Hall–Kier alpha value is -0.910. The molecule has 1 aliphatic rings. The van der Waals surface area contributed by atoms with Crippen LogP contribution in [0.2, 0.25) is 0 Å². The first-order valence-electron chi connectivity index (χ1n) is 3.82. The van der Waals surface area contributed by atoms with Crippen LogP contribution in [-0.4, -0.2) is 15.0 Å². The second kappa shape index (κ2) is 2.80. The first-order valence-corrected chi connectivity index (χ1v) is 5.36. The fourth-order valence-electron chi connectivity index (χ4n) is 1.11. The number of hydrogen-bond acceptors (Lipinski definition) is 3. The van der Waals surface area contributed by atoms with E-state index in [-0.39, 0.29) is 11.0 Å². The van der Waals surface area contributed by atoms with Crippen molar-refractivity contribution in [1.82, 2.24) is 0 Å². The summed E-state index contributed by atoms with van der Waals surface area (Å²) < 4.78 is 26.8. The highest BCUT2D eigenvalue weighted by Gasteiger charge is 2.24. The van der Waals surface area contributed by atoms with Crippen LogP contribution >= 0.6 is 0 Å². The molecule has 13 heavy (non-hydrogen) atoms. The molecule has 0 saturated carbocycles. The summed E-state index contributed by atoms with van der Waals surface area (Å²) in [5.41, 5.74) is 0.993. The number of ether oxygens (including phenoxy) is 1. The van der Waals surface area contributed by atoms with Gasteiger partial charge in [-0.2, -0.15) is 0 Å². The summed E-state index contributed by atoms with van der Waals surface area (Å²) in [6, 6.07) is 6.42. The van der Waals surface area contributed by atoms with E-state index in [0.717, 1.165) is 5.56 Å². The molecule has 0 radical (unpaired) electrons. The van der Waals surface area contributed by atoms with E-state index >= 15 is 0 Å². The Morgan fingerprint density at radius 2 is 1.85 bits per heavy atom. The third kappa shape index (κ3) is 1.88. The molecule has 0 unspecified atom stereocenters. The molecule has 1 heterocycles. The number of sulfonamides is 1. The maximum absolute atomic E-state index is 10.9. The van der Waals surface area contributed by atoms with Crippen LogP contribution in [0.15, 0.2) is 29.2 Å². The number of epoxide rings is 1. The average Bonchev–Trinajstić information content (AvgIpc) is 2.85. The van der Waals surface area contributed by atoms with Gasteiger partial charge in [-0.3, -0.25) is 0 Å². The van der Waals surface area contributed by atoms with Gasteiger partial charge in [-0.05, 0) is 17.7 Å². The monoisotopic (exact) mass is 199 g/mol. The fourth-order valence-corrected chi connectivity index (χ4v) is 1.63. The summed E-state index contributed by atoms with van der Waals surface area (Å²) in [6.07, 6.45) is 0.148. The Kier molecular flexibility index (Phi) is 1.87. The van der Waals surface area contributed by atoms with Gasteiger partial charge in [0.25, 0.3) is 0 Å². The van der Waals surface area contributed by atoms with Crippen molar-refractivity contribution >= 4 is 10.0 Å². The van der Waals surface area contributed by atoms with E-state index in [1.807, 2.05) is 0 Å². The van der Waals surface area contributed by atoms with Gasteiger partial charge in [-0.1, -0.05) is 12.1 Å². The van der Waals surface area contributed by atoms with Crippen LogP contribution in [0.5, 0.6) is 0 Å². The summed E-state index contributed by atoms with van der Waals surface area (Å²) in [5.74, 6) is 0. The number of hydrogen-bond donors (Lipinski definition) is 1. The third-order valence-corrected chi connectivity index (χ3v) is 2.84. The molecule has 2 rings (SSSR count). The van der Waals surface area contributed by atoms with E-state index in [1.165, 1.54) is 12.1 Å². The first kappa shape index (κ1) is 8.68. The van der Waals surface area contributed by atoms with Crippen molar-refractivity contribution in [3.63, 3.8) is 0 Å². The predicted molar refractivity (Wildman–Crippen MR) is 46.5 cm³/mol. The minimum absolute atomic E-state index is 0.136. The molecule has 2 N–H and O–H groups in total. The highest BCUT2D eigenvalue weighted by Crippen LogP contribution is 2.29. The zero-order valence-electron chi connectivity index (χ0n) is 6.80. The maximum atomic E-state index is 10.9. The standard InChI is InChI=1S/C8H9NO3S/c9-13(10,11)7-3-1-6(2-4-7)8-5-12-8/h1-4,8H,5H2,(H2,9,10,11)/t8-/m1/s1. The molecule has 1 saturated heterocycles. The van der Waals surface area contributed by atoms with E-state index in [0.29, 0.717) is 6.61 Å². The van der Waals surface area contributed by atoms with Crippen LogP contribution in [0.3, 0.4) is 0 Å². The van der Waals surface area contributed by atoms with E-state index in [4.69, 9.17) is 9.88 Å². The van der Waals surface area contributed by atoms with Gasteiger partial charge in [0.05, 0.1) is 11.5 Å². The molecule has 70 valence electrons. The van der Waals surface area contributed by atoms with Gasteiger partial charge in [0.2, 0.25) is 10.0 Å². The lowest BCUT2D eigenvalue weighted by molar-refractivity contribution is 0.415. The van der Waals surface area contributed by atoms with E-state index in [2.05, 4.69) is 0 Å². The Morgan fingerprint density at radius 1 is 1.31 bits per heavy atom. The van der Waals surface area contributed by atoms with Crippen molar-refractivity contribution in [2.75, 3.05) is 6.61 Å². The van der Waals surface area contributed by atoms with Crippen LogP contribution in [0.1, 0.15) is 11.7 Å². The van der Waals surface area contributed by atoms with Crippen LogP contribution in [0.25, 0.3) is 0 Å². The van der Waals surface area contributed by atoms with Gasteiger partial charge in [-0.15, -0.1) is 0 Å². The number of rotatable bonds is 2. The van der Waals surface area contributed by atoms with Gasteiger partial charge in [0.1, 0.15) is 6.10 Å². The van der Waals surface area contributed by atoms with Gasteiger partial charge in [0.15, 0.2) is 0 Å². The molecule has 0 aliphatic carbocycles. The topological polar surface area (TPSA) is 72.7 Å². The molecular weight excluding hydrogens is 190 g/mol. The molecule has 0 spiro atoms. The Morgan fingerprint density at radius 3 is 2.23 bits per heavy atom. The largest absolute Gasteiger partial charge is 0.368 e. The lowest BCUT2D eigenvalue weighted by Gasteiger charge is -1.98. The summed E-state index contributed by atoms with van der Waals surface area (Å²) in [6.45, 7) is 0.717. The van der Waals surface area contributed by atoms with Crippen molar-refractivity contribution < 1.29 is 13.2 Å². The SMILES string of the molecule is NS(=O)(=O)c1ccc([C@H]2CO2)cc1. The lowest BCUT2D eigenvalue weighted by atomic mass is 10.2. The van der Waals surface area contributed by atoms with Crippen molar-refractivity contribution in [2.24, 2.45) is 5.14 Å². The average molecular weight is 199 g/mol. The Balaban J connectivity index is 2.33. The van der Waals surface area contributed by atoms with E-state index in [1.54, 1.807) is 12.1 Å². The summed E-state index contributed by atoms with van der Waals surface area (Å²) in [5, 5.41) is 4.94. The lowest BCUT2D eigenvalue weighted by Crippen LogP contribution is -2.11. The van der Waals surface area contributed by atoms with Crippen molar-refractivity contribution in [2.45, 2.75) is 11.0 Å². The number of nitrogens with two attached hydrogens (primary N) is 1. The summed E-state index contributed by atoms with van der Waals surface area (Å²) in [7, 11) is -3.57. The van der Waals surface area contributed by atoms with Crippen molar-refractivity contribution in [1.29, 1.82) is 0 Å². The molecule has 1 aliphatic heterocycles. The van der Waals surface area contributed by atoms with Gasteiger partial charge < -0.3 is 4.74 Å². The molecule has 1 aromatic rings. The molecule has 1 atom stereocenters. The molecule has 4 nitrogen and oxygen atoms in total. The summed E-state index contributed by atoms with van der Waals surface area (Å²) in [4.78, 5) is 0.136. The highest BCUT2D eigenvalue weighted by atomic mass is 32.2. The van der Waals surface area contributed by atoms with Crippen LogP contribution < -0.4 is 5.14 Å². The predicted octanol–water partition coefficient (Wildman–Crippen LogP) is 0.405. The Bertz CT molecular complexity index is 406. The second-order valence-electron chi connectivity index (χ2n) is 2.94. The minimum atomic E-state index is -3.57. The van der Waals surface area contributed by atoms with Crippen LogP contribution in [0.4, 0.5) is 0 Å². The third-order valence-electron chi connectivity index (χ3n) is 1.91. The molecule has 1 aromatic carbocycles. The van der Waals surface area contributed by atoms with E-state index in [9.17, 15) is 8.42 Å². The molecular formula is C8H9NO3S. The van der Waals surface area contributed by atoms with Gasteiger partial charge in [-0.25, -0.2) is 13.6 Å². The molecule has 0 aromatic heterocycles. The quantitative estimate of drug-likeness (QED) is 0.701. The normalized spacial score (nSPS) is 21.5. The van der Waals surface area contributed by atoms with Crippen molar-refractivity contribution in [3.8, 4) is 0 Å². The number of primary sulfonamides is 1. The van der Waals surface area contributed by atoms with Crippen molar-refractivity contribution in [3.05, 3.63) is 29.8 Å². The first-order chi connectivity index (χ1) is 6.07. The summed E-state index contributed by atoms with van der Waals surface area (Å²) >= 11 is 0. The molecule has 1 fully saturated rings. The molecule has 0 bridgehead atoms. The van der Waals surface area contributed by atoms with Gasteiger partial charge >= 0.3 is 0 Å². The molecule has 5 heteroatoms. The van der Waals surface area contributed by atoms with Crippen LogP contribution in [0, 0.1) is 0 Å². The van der Waals surface area contributed by atoms with E-state index < -0.39 is 10.0 Å². The molecule has 0 amide bonds. The Labute approximate surface area is 76.4 Å².